The molecule has 1 unspecified atom stereocenters. The summed E-state index contributed by atoms with van der Waals surface area (Å²) in [6.07, 6.45) is 7.11. The van der Waals surface area contributed by atoms with Crippen LogP contribution in [0.2, 0.25) is 0 Å². The first-order valence-electron chi connectivity index (χ1n) is 6.64. The van der Waals surface area contributed by atoms with Crippen LogP contribution in [0.5, 0.6) is 0 Å². The Labute approximate surface area is 127 Å². The lowest BCUT2D eigenvalue weighted by Crippen LogP contribution is -2.22. The fourth-order valence-corrected chi connectivity index (χ4v) is 3.64. The lowest BCUT2D eigenvalue weighted by molar-refractivity contribution is 0.497. The van der Waals surface area contributed by atoms with Gasteiger partial charge in [-0.2, -0.15) is 0 Å². The summed E-state index contributed by atoms with van der Waals surface area (Å²) in [5.41, 5.74) is 0. The van der Waals surface area contributed by atoms with Gasteiger partial charge in [-0.15, -0.1) is 11.3 Å². The molecule has 0 aromatic carbocycles. The van der Waals surface area contributed by atoms with Gasteiger partial charge in [0.15, 0.2) is 0 Å². The number of hydrogen-bond acceptors (Lipinski definition) is 3. The van der Waals surface area contributed by atoms with Crippen molar-refractivity contribution >= 4 is 27.3 Å². The van der Waals surface area contributed by atoms with E-state index in [9.17, 15) is 0 Å². The second-order valence-electron chi connectivity index (χ2n) is 4.67. The third-order valence-electron chi connectivity index (χ3n) is 3.15. The van der Waals surface area contributed by atoms with E-state index in [1.807, 2.05) is 23.7 Å². The Morgan fingerprint density at radius 2 is 2.37 bits per heavy atom. The van der Waals surface area contributed by atoms with Crippen molar-refractivity contribution in [2.75, 3.05) is 6.54 Å². The molecule has 0 aliphatic rings. The van der Waals surface area contributed by atoms with Gasteiger partial charge in [0, 0.05) is 46.6 Å². The van der Waals surface area contributed by atoms with Gasteiger partial charge in [-0.1, -0.05) is 6.92 Å². The summed E-state index contributed by atoms with van der Waals surface area (Å²) < 4.78 is 3.27. The molecule has 3 nitrogen and oxygen atoms in total. The first-order valence-corrected chi connectivity index (χ1v) is 8.31. The van der Waals surface area contributed by atoms with Crippen molar-refractivity contribution < 1.29 is 0 Å². The van der Waals surface area contributed by atoms with Gasteiger partial charge in [0.1, 0.15) is 5.82 Å². The molecule has 5 heteroatoms. The molecule has 2 aromatic heterocycles. The Morgan fingerprint density at radius 1 is 1.53 bits per heavy atom. The second-order valence-corrected chi connectivity index (χ2v) is 6.53. The number of nitrogens with zero attached hydrogens (tertiary/aromatic N) is 2. The Morgan fingerprint density at radius 3 is 2.95 bits per heavy atom. The highest BCUT2D eigenvalue weighted by molar-refractivity contribution is 9.10. The standard InChI is InChI=1S/C14H20BrN3S/c1-3-6-16-12(13-9-11(15)10-19-13)4-5-14-17-7-8-18(14)2/h7-10,12,16H,3-6H2,1-2H3. The molecule has 19 heavy (non-hydrogen) atoms. The lowest BCUT2D eigenvalue weighted by Gasteiger charge is -2.17. The van der Waals surface area contributed by atoms with Crippen molar-refractivity contribution in [2.45, 2.75) is 32.2 Å². The lowest BCUT2D eigenvalue weighted by atomic mass is 10.1. The van der Waals surface area contributed by atoms with Gasteiger partial charge < -0.3 is 9.88 Å². The summed E-state index contributed by atoms with van der Waals surface area (Å²) in [7, 11) is 2.05. The monoisotopic (exact) mass is 341 g/mol. The van der Waals surface area contributed by atoms with Crippen LogP contribution in [0.1, 0.15) is 36.5 Å². The molecule has 0 aliphatic carbocycles. The first kappa shape index (κ1) is 14.8. The smallest absolute Gasteiger partial charge is 0.108 e. The molecule has 104 valence electrons. The average Bonchev–Trinajstić information content (AvgIpc) is 2.99. The van der Waals surface area contributed by atoms with Crippen LogP contribution < -0.4 is 5.32 Å². The number of aryl methyl sites for hydroxylation is 2. The van der Waals surface area contributed by atoms with Crippen molar-refractivity contribution in [2.24, 2.45) is 7.05 Å². The zero-order chi connectivity index (χ0) is 13.7. The van der Waals surface area contributed by atoms with Gasteiger partial charge in [-0.3, -0.25) is 0 Å². The quantitative estimate of drug-likeness (QED) is 0.827. The third kappa shape index (κ3) is 4.16. The highest BCUT2D eigenvalue weighted by Gasteiger charge is 2.14. The molecule has 0 bridgehead atoms. The van der Waals surface area contributed by atoms with Crippen LogP contribution in [0.15, 0.2) is 28.3 Å². The number of thiophene rings is 1. The summed E-state index contributed by atoms with van der Waals surface area (Å²) in [6.45, 7) is 3.26. The van der Waals surface area contributed by atoms with E-state index in [2.05, 4.69) is 56.2 Å². The predicted octanol–water partition coefficient (Wildman–Crippen LogP) is 3.92. The molecule has 2 heterocycles. The van der Waals surface area contributed by atoms with Crippen LogP contribution in [0.3, 0.4) is 0 Å². The predicted molar refractivity (Wildman–Crippen MR) is 84.6 cm³/mol. The Hall–Kier alpha value is -0.650. The molecule has 0 saturated carbocycles. The van der Waals surface area contributed by atoms with Gasteiger partial charge >= 0.3 is 0 Å². The Kier molecular flexibility index (Phi) is 5.60. The van der Waals surface area contributed by atoms with Gasteiger partial charge in [-0.05, 0) is 41.4 Å². The molecule has 0 spiro atoms. The molecule has 2 rings (SSSR count). The molecule has 0 amide bonds. The van der Waals surface area contributed by atoms with Crippen LogP contribution >= 0.6 is 27.3 Å². The van der Waals surface area contributed by atoms with Crippen molar-refractivity contribution in [3.05, 3.63) is 39.0 Å². The number of aromatic nitrogens is 2. The maximum Gasteiger partial charge on any atom is 0.108 e. The number of hydrogen-bond donors (Lipinski definition) is 1. The highest BCUT2D eigenvalue weighted by atomic mass is 79.9. The number of nitrogens with one attached hydrogen (secondary N) is 1. The summed E-state index contributed by atoms with van der Waals surface area (Å²) >= 11 is 5.35. The number of imidazole rings is 1. The van der Waals surface area contributed by atoms with E-state index in [4.69, 9.17) is 0 Å². The number of rotatable bonds is 7. The van der Waals surface area contributed by atoms with Gasteiger partial charge in [0.2, 0.25) is 0 Å². The average molecular weight is 342 g/mol. The Balaban J connectivity index is 1.99. The fraction of sp³-hybridized carbons (Fsp3) is 0.500. The minimum Gasteiger partial charge on any atom is -0.338 e. The van der Waals surface area contributed by atoms with Crippen molar-refractivity contribution in [1.29, 1.82) is 0 Å². The summed E-state index contributed by atoms with van der Waals surface area (Å²) in [5, 5.41) is 5.78. The summed E-state index contributed by atoms with van der Waals surface area (Å²) in [6, 6.07) is 2.64. The van der Waals surface area contributed by atoms with Gasteiger partial charge in [0.25, 0.3) is 0 Å². The van der Waals surface area contributed by atoms with Gasteiger partial charge in [-0.25, -0.2) is 4.98 Å². The summed E-state index contributed by atoms with van der Waals surface area (Å²) in [5.74, 6) is 1.15. The normalized spacial score (nSPS) is 12.8. The third-order valence-corrected chi connectivity index (χ3v) is 4.96. The van der Waals surface area contributed by atoms with Crippen LogP contribution in [-0.2, 0) is 13.5 Å². The van der Waals surface area contributed by atoms with Crippen LogP contribution in [0.25, 0.3) is 0 Å². The molecule has 0 radical (unpaired) electrons. The molecule has 0 aliphatic heterocycles. The molecule has 1 N–H and O–H groups in total. The topological polar surface area (TPSA) is 29.9 Å². The number of halogens is 1. The maximum absolute atomic E-state index is 4.40. The Bertz CT molecular complexity index is 506. The minimum atomic E-state index is 0.424. The van der Waals surface area contributed by atoms with Crippen molar-refractivity contribution in [1.82, 2.24) is 14.9 Å². The van der Waals surface area contributed by atoms with E-state index in [0.717, 1.165) is 31.6 Å². The zero-order valence-electron chi connectivity index (χ0n) is 11.4. The molecular formula is C14H20BrN3S. The van der Waals surface area contributed by atoms with E-state index < -0.39 is 0 Å². The van der Waals surface area contributed by atoms with Gasteiger partial charge in [0.05, 0.1) is 0 Å². The fourth-order valence-electron chi connectivity index (χ4n) is 2.09. The first-order chi connectivity index (χ1) is 9.20. The molecule has 0 fully saturated rings. The van der Waals surface area contributed by atoms with E-state index in [0.29, 0.717) is 6.04 Å². The molecule has 2 aromatic rings. The molecular weight excluding hydrogens is 322 g/mol. The molecule has 1 atom stereocenters. The molecule has 0 saturated heterocycles. The van der Waals surface area contributed by atoms with Crippen LogP contribution in [-0.4, -0.2) is 16.1 Å². The van der Waals surface area contributed by atoms with Crippen molar-refractivity contribution in [3.63, 3.8) is 0 Å². The van der Waals surface area contributed by atoms with Crippen LogP contribution in [0.4, 0.5) is 0 Å². The minimum absolute atomic E-state index is 0.424. The van der Waals surface area contributed by atoms with E-state index in [-0.39, 0.29) is 0 Å². The van der Waals surface area contributed by atoms with E-state index in [1.165, 1.54) is 9.35 Å². The van der Waals surface area contributed by atoms with Crippen molar-refractivity contribution in [3.8, 4) is 0 Å². The maximum atomic E-state index is 4.40. The second kappa shape index (κ2) is 7.22. The van der Waals surface area contributed by atoms with E-state index >= 15 is 0 Å². The van der Waals surface area contributed by atoms with Crippen LogP contribution in [0, 0.1) is 0 Å². The largest absolute Gasteiger partial charge is 0.338 e. The zero-order valence-corrected chi connectivity index (χ0v) is 13.8. The highest BCUT2D eigenvalue weighted by Crippen LogP contribution is 2.28. The summed E-state index contributed by atoms with van der Waals surface area (Å²) in [4.78, 5) is 5.79. The van der Waals surface area contributed by atoms with E-state index in [1.54, 1.807) is 0 Å². The SMILES string of the molecule is CCCNC(CCc1nccn1C)c1cc(Br)cs1.